The van der Waals surface area contributed by atoms with Gasteiger partial charge in [0, 0.05) is 36.3 Å². The molecule has 2 aromatic rings. The molecule has 1 aromatic carbocycles. The van der Waals surface area contributed by atoms with Crippen molar-refractivity contribution in [2.24, 2.45) is 0 Å². The van der Waals surface area contributed by atoms with E-state index in [-0.39, 0.29) is 11.9 Å². The van der Waals surface area contributed by atoms with Crippen LogP contribution in [-0.4, -0.2) is 31.1 Å². The second-order valence-electron chi connectivity index (χ2n) is 5.93. The summed E-state index contributed by atoms with van der Waals surface area (Å²) in [5.41, 5.74) is -0.100. The summed E-state index contributed by atoms with van der Waals surface area (Å²) in [4.78, 5) is 3.17. The molecule has 2 heterocycles. The molecule has 1 aromatic heterocycles. The SMILES string of the molecule is CN1CC[C@@H](Oc2cc(NCc3cccs3)ccc2C(F)(F)F)C1. The Morgan fingerprint density at radius 2 is 2.17 bits per heavy atom. The number of alkyl halides is 3. The number of benzene rings is 1. The third-order valence-electron chi connectivity index (χ3n) is 3.98. The van der Waals surface area contributed by atoms with Crippen LogP contribution in [0.15, 0.2) is 35.7 Å². The fourth-order valence-corrected chi connectivity index (χ4v) is 3.38. The first-order valence-corrected chi connectivity index (χ1v) is 8.62. The first-order chi connectivity index (χ1) is 11.4. The number of nitrogens with one attached hydrogen (secondary N) is 1. The average Bonchev–Trinajstić information content (AvgIpc) is 3.16. The van der Waals surface area contributed by atoms with Crippen molar-refractivity contribution in [2.75, 3.05) is 25.5 Å². The monoisotopic (exact) mass is 356 g/mol. The third-order valence-corrected chi connectivity index (χ3v) is 4.85. The predicted molar refractivity (Wildman–Crippen MR) is 89.6 cm³/mol. The van der Waals surface area contributed by atoms with E-state index in [1.807, 2.05) is 24.6 Å². The van der Waals surface area contributed by atoms with Crippen molar-refractivity contribution < 1.29 is 17.9 Å². The molecule has 1 saturated heterocycles. The molecule has 3 rings (SSSR count). The quantitative estimate of drug-likeness (QED) is 0.856. The number of anilines is 1. The molecular weight excluding hydrogens is 337 g/mol. The Balaban J connectivity index is 1.77. The highest BCUT2D eigenvalue weighted by molar-refractivity contribution is 7.09. The van der Waals surface area contributed by atoms with E-state index in [9.17, 15) is 13.2 Å². The smallest absolute Gasteiger partial charge is 0.419 e. The van der Waals surface area contributed by atoms with E-state index in [2.05, 4.69) is 10.2 Å². The maximum Gasteiger partial charge on any atom is 0.419 e. The van der Waals surface area contributed by atoms with Crippen LogP contribution in [-0.2, 0) is 12.7 Å². The van der Waals surface area contributed by atoms with Crippen LogP contribution in [0.3, 0.4) is 0 Å². The van der Waals surface area contributed by atoms with Gasteiger partial charge in [-0.25, -0.2) is 0 Å². The molecule has 1 aliphatic heterocycles. The van der Waals surface area contributed by atoms with Crippen molar-refractivity contribution in [1.82, 2.24) is 4.90 Å². The van der Waals surface area contributed by atoms with E-state index in [1.165, 1.54) is 12.1 Å². The van der Waals surface area contributed by atoms with Gasteiger partial charge < -0.3 is 15.0 Å². The lowest BCUT2D eigenvalue weighted by Crippen LogP contribution is -2.22. The minimum atomic E-state index is -4.42. The average molecular weight is 356 g/mol. The lowest BCUT2D eigenvalue weighted by atomic mass is 10.1. The largest absolute Gasteiger partial charge is 0.488 e. The number of hydrogen-bond acceptors (Lipinski definition) is 4. The molecule has 1 fully saturated rings. The molecule has 0 aliphatic carbocycles. The van der Waals surface area contributed by atoms with Crippen LogP contribution in [0.2, 0.25) is 0 Å². The molecule has 130 valence electrons. The van der Waals surface area contributed by atoms with Crippen LogP contribution >= 0.6 is 11.3 Å². The van der Waals surface area contributed by atoms with Gasteiger partial charge in [-0.3, -0.25) is 0 Å². The molecule has 0 unspecified atom stereocenters. The Morgan fingerprint density at radius 1 is 1.33 bits per heavy atom. The van der Waals surface area contributed by atoms with Crippen molar-refractivity contribution in [3.63, 3.8) is 0 Å². The van der Waals surface area contributed by atoms with Gasteiger partial charge in [0.15, 0.2) is 0 Å². The molecule has 1 N–H and O–H groups in total. The molecule has 24 heavy (non-hydrogen) atoms. The summed E-state index contributed by atoms with van der Waals surface area (Å²) < 4.78 is 45.4. The highest BCUT2D eigenvalue weighted by Crippen LogP contribution is 2.38. The van der Waals surface area contributed by atoms with Crippen LogP contribution in [0.25, 0.3) is 0 Å². The first kappa shape index (κ1) is 17.1. The van der Waals surface area contributed by atoms with Gasteiger partial charge in [-0.15, -0.1) is 11.3 Å². The number of halogens is 3. The van der Waals surface area contributed by atoms with Crippen LogP contribution in [0, 0.1) is 0 Å². The van der Waals surface area contributed by atoms with Crippen LogP contribution in [0.4, 0.5) is 18.9 Å². The number of thiophene rings is 1. The fraction of sp³-hybridized carbons (Fsp3) is 0.412. The Morgan fingerprint density at radius 3 is 2.79 bits per heavy atom. The summed E-state index contributed by atoms with van der Waals surface area (Å²) in [6, 6.07) is 7.91. The van der Waals surface area contributed by atoms with Crippen molar-refractivity contribution in [3.8, 4) is 5.75 Å². The van der Waals surface area contributed by atoms with Gasteiger partial charge in [0.05, 0.1) is 5.56 Å². The highest BCUT2D eigenvalue weighted by atomic mass is 32.1. The molecule has 1 aliphatic rings. The summed E-state index contributed by atoms with van der Waals surface area (Å²) in [7, 11) is 1.94. The van der Waals surface area contributed by atoms with E-state index in [0.29, 0.717) is 18.8 Å². The van der Waals surface area contributed by atoms with Gasteiger partial charge in [-0.2, -0.15) is 13.2 Å². The maximum absolute atomic E-state index is 13.2. The molecule has 0 radical (unpaired) electrons. The van der Waals surface area contributed by atoms with Crippen LogP contribution in [0.5, 0.6) is 5.75 Å². The van der Waals surface area contributed by atoms with E-state index in [0.717, 1.165) is 23.9 Å². The van der Waals surface area contributed by atoms with Gasteiger partial charge in [0.2, 0.25) is 0 Å². The van der Waals surface area contributed by atoms with E-state index in [1.54, 1.807) is 11.3 Å². The molecular formula is C17H19F3N2OS. The fourth-order valence-electron chi connectivity index (χ4n) is 2.74. The normalized spacial score (nSPS) is 18.8. The van der Waals surface area contributed by atoms with Gasteiger partial charge >= 0.3 is 6.18 Å². The minimum Gasteiger partial charge on any atom is -0.488 e. The predicted octanol–water partition coefficient (Wildman–Crippen LogP) is 4.46. The molecule has 3 nitrogen and oxygen atoms in total. The summed E-state index contributed by atoms with van der Waals surface area (Å²) in [5, 5.41) is 5.12. The number of likely N-dealkylation sites (tertiary alicyclic amines) is 1. The third kappa shape index (κ3) is 4.21. The Bertz CT molecular complexity index is 673. The molecule has 0 spiro atoms. The van der Waals surface area contributed by atoms with Crippen LogP contribution in [0.1, 0.15) is 16.9 Å². The van der Waals surface area contributed by atoms with E-state index in [4.69, 9.17) is 4.74 Å². The summed E-state index contributed by atoms with van der Waals surface area (Å²) >= 11 is 1.60. The van der Waals surface area contributed by atoms with Crippen molar-refractivity contribution in [3.05, 3.63) is 46.2 Å². The molecule has 7 heteroatoms. The number of likely N-dealkylation sites (N-methyl/N-ethyl adjacent to an activating group) is 1. The van der Waals surface area contributed by atoms with Gasteiger partial charge in [0.1, 0.15) is 11.9 Å². The summed E-state index contributed by atoms with van der Waals surface area (Å²) in [6.45, 7) is 2.06. The number of ether oxygens (including phenoxy) is 1. The summed E-state index contributed by atoms with van der Waals surface area (Å²) in [6.07, 6.45) is -3.89. The zero-order valence-corrected chi connectivity index (χ0v) is 14.1. The van der Waals surface area contributed by atoms with Gasteiger partial charge in [-0.05, 0) is 37.0 Å². The van der Waals surface area contributed by atoms with Crippen molar-refractivity contribution in [1.29, 1.82) is 0 Å². The van der Waals surface area contributed by atoms with Crippen molar-refractivity contribution >= 4 is 17.0 Å². The van der Waals surface area contributed by atoms with Crippen molar-refractivity contribution in [2.45, 2.75) is 25.2 Å². The lowest BCUT2D eigenvalue weighted by Gasteiger charge is -2.19. The number of nitrogens with zero attached hydrogens (tertiary/aromatic N) is 1. The zero-order valence-electron chi connectivity index (χ0n) is 13.3. The second-order valence-corrected chi connectivity index (χ2v) is 6.96. The van der Waals surface area contributed by atoms with E-state index >= 15 is 0 Å². The molecule has 0 amide bonds. The summed E-state index contributed by atoms with van der Waals surface area (Å²) in [5.74, 6) is -0.0982. The highest BCUT2D eigenvalue weighted by Gasteiger charge is 2.35. The van der Waals surface area contributed by atoms with Gasteiger partial charge in [-0.1, -0.05) is 6.07 Å². The minimum absolute atomic E-state index is 0.0982. The maximum atomic E-state index is 13.2. The Kier molecular flexibility index (Phi) is 5.01. The molecule has 0 saturated carbocycles. The molecule has 1 atom stereocenters. The van der Waals surface area contributed by atoms with Crippen LogP contribution < -0.4 is 10.1 Å². The number of rotatable bonds is 5. The zero-order chi connectivity index (χ0) is 17.2. The standard InChI is InChI=1S/C17H19F3N2OS/c1-22-7-6-13(11-22)23-16-9-12(4-5-15(16)17(18,19)20)21-10-14-3-2-8-24-14/h2-5,8-9,13,21H,6-7,10-11H2,1H3/t13-/m1/s1. The Labute approximate surface area is 143 Å². The Hall–Kier alpha value is -1.73. The number of hydrogen-bond donors (Lipinski definition) is 1. The van der Waals surface area contributed by atoms with Gasteiger partial charge in [0.25, 0.3) is 0 Å². The second kappa shape index (κ2) is 7.03. The van der Waals surface area contributed by atoms with E-state index < -0.39 is 11.7 Å². The molecule has 0 bridgehead atoms. The first-order valence-electron chi connectivity index (χ1n) is 7.74. The topological polar surface area (TPSA) is 24.5 Å². The lowest BCUT2D eigenvalue weighted by molar-refractivity contribution is -0.139.